The fourth-order valence-electron chi connectivity index (χ4n) is 10.3. The number of rotatable bonds is 14. The molecule has 8 amide bonds. The van der Waals surface area contributed by atoms with E-state index in [-0.39, 0.29) is 68.1 Å². The average Bonchev–Trinajstić information content (AvgIpc) is 1.55. The van der Waals surface area contributed by atoms with Crippen molar-refractivity contribution >= 4 is 35.5 Å². The maximum absolute atomic E-state index is 13.0. The number of benzene rings is 3. The van der Waals surface area contributed by atoms with Crippen molar-refractivity contribution in [2.75, 3.05) is 56.5 Å². The monoisotopic (exact) mass is 1260 g/mol. The van der Waals surface area contributed by atoms with Crippen LogP contribution in [0.5, 0.6) is 0 Å². The van der Waals surface area contributed by atoms with E-state index in [1.807, 2.05) is 113 Å². The number of carbonyl (C=O) groups is 4. The second-order valence-electron chi connectivity index (χ2n) is 20.6. The Balaban J connectivity index is 0.000000134. The van der Waals surface area contributed by atoms with Crippen LogP contribution < -0.4 is 21.2 Å². The van der Waals surface area contributed by atoms with Gasteiger partial charge in [0.1, 0.15) is 30.6 Å². The minimum Gasteiger partial charge on any atom is -0.352 e. The Kier molecular flexibility index (Phi) is 23.5. The summed E-state index contributed by atoms with van der Waals surface area (Å²) in [7, 11) is 1.57. The molecule has 4 aromatic heterocycles. The van der Waals surface area contributed by atoms with E-state index in [0.717, 1.165) is 29.4 Å². The van der Waals surface area contributed by atoms with Crippen molar-refractivity contribution in [3.8, 4) is 5.69 Å². The molecule has 91 heavy (non-hydrogen) atoms. The molecule has 12 heterocycles. The number of fused-ring (bicyclic) bond motifs is 5. The number of methoxy groups -OCH3 is 1. The standard InChI is InChI=1S/C18H20N4O5.C9H13NO3.2C9H13NO2.2C8H5N3O2.CH4/c1-2-25-18-26-11-13(27-18)10-19-14-8-9-15(19)22-17(24)20(16(23)21(14)22)12-6-4-3-5-7-12;1-11-9-12-7-8(13-9)6-10-4-2-3-5-10;2*1-8-11-7-9(12-8)6-10-4-2-3-5-10;2*12-7-9-10-8(13)11(7)6-4-2-1-3-5-6;/h3-9,13-15,18H,2,10-11H2,1H3;2-5,8-9H,6-7H2,1H3;2*2-5,8-9H,6-7H2,1H3;2*1-5H;1H4. The van der Waals surface area contributed by atoms with E-state index in [1.165, 1.54) is 13.9 Å². The van der Waals surface area contributed by atoms with E-state index in [2.05, 4.69) is 39.1 Å². The SMILES string of the molecule is C.CC1OCC(Cn2cccc2)O1.CC1OCC(Cn2cccc2)O1.CCOC1OCC(CN2C3C=CC2n2c(=O)n(-c4ccccc4)c(=O)n23)O1.COC1OCC(Cn2cccc2)O1.O=C1N=NC(=O)N1c1ccccc1.O=C1N=NC(=O)N1c1ccccc1. The minimum atomic E-state index is -0.648. The highest BCUT2D eigenvalue weighted by atomic mass is 16.9. The zero-order chi connectivity index (χ0) is 62.9. The molecule has 8 aliphatic rings. The van der Waals surface area contributed by atoms with Crippen LogP contribution in [0.2, 0.25) is 0 Å². The number of hydrogen-bond acceptors (Lipinski definition) is 17. The zero-order valence-electron chi connectivity index (χ0n) is 49.7. The van der Waals surface area contributed by atoms with Gasteiger partial charge in [-0.3, -0.25) is 4.90 Å². The van der Waals surface area contributed by atoms with Gasteiger partial charge in [-0.05, 0) is 106 Å². The molecule has 0 aliphatic carbocycles. The van der Waals surface area contributed by atoms with E-state index in [4.69, 9.17) is 47.4 Å². The number of aromatic nitrogens is 6. The number of anilines is 2. The minimum absolute atomic E-state index is 0. The molecule has 4 fully saturated rings. The summed E-state index contributed by atoms with van der Waals surface area (Å²) in [4.78, 5) is 73.9. The molecule has 0 saturated carbocycles. The average molecular weight is 1260 g/mol. The first-order valence-corrected chi connectivity index (χ1v) is 29.0. The Morgan fingerprint density at radius 3 is 1.13 bits per heavy atom. The summed E-state index contributed by atoms with van der Waals surface area (Å²) in [6.45, 7) is 10.6. The molecule has 8 aliphatic heterocycles. The number of azo groups is 2. The highest BCUT2D eigenvalue weighted by molar-refractivity contribution is 6.17. The lowest BCUT2D eigenvalue weighted by Crippen LogP contribution is -2.38. The molecule has 4 saturated heterocycles. The quantitative estimate of drug-likeness (QED) is 0.0919. The van der Waals surface area contributed by atoms with Crippen LogP contribution in [0, 0.1) is 0 Å². The van der Waals surface area contributed by atoms with Gasteiger partial charge in [-0.2, -0.15) is 0 Å². The second kappa shape index (κ2) is 32.2. The Labute approximate surface area is 523 Å². The first kappa shape index (κ1) is 66.4. The van der Waals surface area contributed by atoms with Crippen LogP contribution in [0.4, 0.5) is 30.6 Å². The first-order chi connectivity index (χ1) is 43.8. The summed E-state index contributed by atoms with van der Waals surface area (Å²) in [5, 5.41) is 12.5. The predicted octanol–water partition coefficient (Wildman–Crippen LogP) is 8.79. The van der Waals surface area contributed by atoms with Gasteiger partial charge in [0.15, 0.2) is 12.6 Å². The van der Waals surface area contributed by atoms with Gasteiger partial charge in [0.25, 0.3) is 13.0 Å². The highest BCUT2D eigenvalue weighted by Gasteiger charge is 2.46. The second-order valence-corrected chi connectivity index (χ2v) is 20.6. The molecular weight excluding hydrogens is 1180 g/mol. The predicted molar refractivity (Wildman–Crippen MR) is 326 cm³/mol. The van der Waals surface area contributed by atoms with Gasteiger partial charge in [-0.1, -0.05) is 82.5 Å². The van der Waals surface area contributed by atoms with Gasteiger partial charge in [-0.25, -0.2) is 52.5 Å². The number of amides is 8. The maximum Gasteiger partial charge on any atom is 0.375 e. The third-order valence-electron chi connectivity index (χ3n) is 14.3. The highest BCUT2D eigenvalue weighted by Crippen LogP contribution is 2.38. The summed E-state index contributed by atoms with van der Waals surface area (Å²) in [5.41, 5.74) is 0.859. The summed E-state index contributed by atoms with van der Waals surface area (Å²) in [5.74, 6) is 0. The van der Waals surface area contributed by atoms with Crippen molar-refractivity contribution in [1.82, 2.24) is 32.5 Å². The fraction of sp³-hybridized carbons (Fsp3) is 0.387. The summed E-state index contributed by atoms with van der Waals surface area (Å²) in [6.07, 6.45) is 15.7. The molecule has 3 aromatic carbocycles. The van der Waals surface area contributed by atoms with Crippen LogP contribution in [0.3, 0.4) is 0 Å². The molecule has 29 nitrogen and oxygen atoms in total. The van der Waals surface area contributed by atoms with Gasteiger partial charge in [0, 0.05) is 57.4 Å². The lowest BCUT2D eigenvalue weighted by molar-refractivity contribution is -0.235. The topological polar surface area (TPSA) is 283 Å². The van der Waals surface area contributed by atoms with Gasteiger partial charge in [0.05, 0.1) is 69.2 Å². The zero-order valence-corrected chi connectivity index (χ0v) is 49.7. The molecule has 10 unspecified atom stereocenters. The molecule has 2 bridgehead atoms. The van der Waals surface area contributed by atoms with Crippen LogP contribution in [-0.2, 0) is 67.0 Å². The first-order valence-electron chi connectivity index (χ1n) is 29.0. The maximum atomic E-state index is 13.0. The normalized spacial score (nSPS) is 24.8. The summed E-state index contributed by atoms with van der Waals surface area (Å²) in [6, 6.07) is 35.5. The molecule has 482 valence electrons. The van der Waals surface area contributed by atoms with Crippen molar-refractivity contribution in [2.24, 2.45) is 20.5 Å². The third kappa shape index (κ3) is 17.1. The van der Waals surface area contributed by atoms with Crippen molar-refractivity contribution in [1.29, 1.82) is 0 Å². The molecule has 15 rings (SSSR count). The van der Waals surface area contributed by atoms with E-state index < -0.39 is 37.1 Å². The van der Waals surface area contributed by atoms with Crippen LogP contribution >= 0.6 is 0 Å². The van der Waals surface area contributed by atoms with Crippen LogP contribution in [0.15, 0.2) is 207 Å². The van der Waals surface area contributed by atoms with E-state index >= 15 is 0 Å². The lowest BCUT2D eigenvalue weighted by atomic mass is 10.3. The van der Waals surface area contributed by atoms with Gasteiger partial charge < -0.3 is 61.1 Å². The molecule has 0 radical (unpaired) electrons. The van der Waals surface area contributed by atoms with Crippen LogP contribution in [0.25, 0.3) is 5.69 Å². The van der Waals surface area contributed by atoms with Crippen molar-refractivity contribution < 1.29 is 66.5 Å². The van der Waals surface area contributed by atoms with E-state index in [0.29, 0.717) is 56.6 Å². The Bertz CT molecular complexity index is 3430. The van der Waals surface area contributed by atoms with Crippen molar-refractivity contribution in [3.05, 3.63) is 198 Å². The number of ether oxygens (including phenoxy) is 10. The van der Waals surface area contributed by atoms with Crippen LogP contribution in [-0.4, -0.2) is 153 Å². The number of para-hydroxylation sites is 3. The number of imide groups is 2. The molecule has 10 atom stereocenters. The van der Waals surface area contributed by atoms with Gasteiger partial charge >= 0.3 is 35.5 Å². The summed E-state index contributed by atoms with van der Waals surface area (Å²) >= 11 is 0. The third-order valence-corrected chi connectivity index (χ3v) is 14.3. The van der Waals surface area contributed by atoms with E-state index in [9.17, 15) is 28.8 Å². The van der Waals surface area contributed by atoms with Crippen LogP contribution in [0.1, 0.15) is 40.5 Å². The molecule has 0 spiro atoms. The molecule has 0 N–H and O–H groups in total. The summed E-state index contributed by atoms with van der Waals surface area (Å²) < 4.78 is 64.1. The van der Waals surface area contributed by atoms with Crippen molar-refractivity contribution in [3.63, 3.8) is 0 Å². The lowest BCUT2D eigenvalue weighted by Gasteiger charge is -2.23. The Hall–Kier alpha value is -8.98. The van der Waals surface area contributed by atoms with Gasteiger partial charge in [-0.15, -0.1) is 0 Å². The molecule has 7 aromatic rings. The van der Waals surface area contributed by atoms with E-state index in [1.54, 1.807) is 92.0 Å². The Morgan fingerprint density at radius 2 is 0.780 bits per heavy atom. The van der Waals surface area contributed by atoms with Crippen molar-refractivity contribution in [2.45, 2.75) is 110 Å². The number of nitrogens with zero attached hydrogens (tertiary/aromatic N) is 13. The number of urea groups is 4. The molecule has 29 heteroatoms. The Morgan fingerprint density at radius 1 is 0.440 bits per heavy atom. The fourth-order valence-corrected chi connectivity index (χ4v) is 10.3. The number of carbonyl (C=O) groups excluding carboxylic acids is 4. The number of hydrogen-bond donors (Lipinski definition) is 0. The smallest absolute Gasteiger partial charge is 0.352 e. The van der Waals surface area contributed by atoms with Gasteiger partial charge in [0.2, 0.25) is 0 Å². The molecular formula is C62H73N13O16. The largest absolute Gasteiger partial charge is 0.375 e.